The van der Waals surface area contributed by atoms with Gasteiger partial charge in [-0.3, -0.25) is 0 Å². The van der Waals surface area contributed by atoms with E-state index in [1.165, 1.54) is 17.2 Å². The molecule has 2 aromatic heterocycles. The highest BCUT2D eigenvalue weighted by atomic mass is 32.1. The lowest BCUT2D eigenvalue weighted by molar-refractivity contribution is 0.172. The molecular formula is C15H14N2O2S. The molecule has 20 heavy (non-hydrogen) atoms. The molecule has 5 heteroatoms. The van der Waals surface area contributed by atoms with E-state index >= 15 is 0 Å². The quantitative estimate of drug-likeness (QED) is 0.801. The van der Waals surface area contributed by atoms with Crippen LogP contribution in [0.2, 0.25) is 0 Å². The zero-order valence-electron chi connectivity index (χ0n) is 11.0. The van der Waals surface area contributed by atoms with E-state index in [-0.39, 0.29) is 0 Å². The van der Waals surface area contributed by atoms with E-state index in [1.807, 2.05) is 12.1 Å². The van der Waals surface area contributed by atoms with Crippen LogP contribution in [0.4, 0.5) is 0 Å². The van der Waals surface area contributed by atoms with Crippen LogP contribution in [-0.2, 0) is 6.42 Å². The number of ether oxygens (including phenoxy) is 1. The number of hydrogen-bond donors (Lipinski definition) is 1. The number of methoxy groups -OCH3 is 1. The Morgan fingerprint density at radius 1 is 1.20 bits per heavy atom. The summed E-state index contributed by atoms with van der Waals surface area (Å²) in [5.74, 6) is 0.446. The Labute approximate surface area is 120 Å². The third-order valence-corrected chi connectivity index (χ3v) is 4.20. The van der Waals surface area contributed by atoms with Crippen LogP contribution in [0.3, 0.4) is 0 Å². The lowest BCUT2D eigenvalue weighted by atomic mass is 10.0. The Balaban J connectivity index is 1.82. The second-order valence-corrected chi connectivity index (χ2v) is 5.39. The van der Waals surface area contributed by atoms with Crippen molar-refractivity contribution in [3.05, 3.63) is 53.0 Å². The molecule has 4 nitrogen and oxygen atoms in total. The standard InChI is InChI=1S/C15H14N2O2S/c1-19-15-7-6-12(16-17-15)13(18)8-10-9-20-14-5-3-2-4-11(10)14/h2-7,9,13,18H,8H2,1H3. The minimum absolute atomic E-state index is 0.446. The van der Waals surface area contributed by atoms with Gasteiger partial charge in [-0.2, -0.15) is 0 Å². The van der Waals surface area contributed by atoms with Gasteiger partial charge in [0.2, 0.25) is 5.88 Å². The van der Waals surface area contributed by atoms with Crippen LogP contribution < -0.4 is 4.74 Å². The van der Waals surface area contributed by atoms with Crippen molar-refractivity contribution in [1.29, 1.82) is 0 Å². The van der Waals surface area contributed by atoms with Crippen molar-refractivity contribution in [2.45, 2.75) is 12.5 Å². The van der Waals surface area contributed by atoms with Crippen molar-refractivity contribution in [3.8, 4) is 5.88 Å². The average Bonchev–Trinajstić information content (AvgIpc) is 2.91. The van der Waals surface area contributed by atoms with E-state index in [4.69, 9.17) is 4.74 Å². The van der Waals surface area contributed by atoms with E-state index in [2.05, 4.69) is 27.7 Å². The molecule has 0 aliphatic carbocycles. The van der Waals surface area contributed by atoms with Crippen LogP contribution in [0.25, 0.3) is 10.1 Å². The molecule has 1 N–H and O–H groups in total. The summed E-state index contributed by atoms with van der Waals surface area (Å²) in [4.78, 5) is 0. The molecule has 1 atom stereocenters. The first-order valence-corrected chi connectivity index (χ1v) is 7.16. The highest BCUT2D eigenvalue weighted by Crippen LogP contribution is 2.29. The number of rotatable bonds is 4. The van der Waals surface area contributed by atoms with Gasteiger partial charge < -0.3 is 9.84 Å². The molecule has 1 aromatic carbocycles. The summed E-state index contributed by atoms with van der Waals surface area (Å²) in [6.07, 6.45) is -0.128. The van der Waals surface area contributed by atoms with Crippen molar-refractivity contribution < 1.29 is 9.84 Å². The van der Waals surface area contributed by atoms with E-state index < -0.39 is 6.10 Å². The molecule has 3 rings (SSSR count). The van der Waals surface area contributed by atoms with Crippen molar-refractivity contribution in [3.63, 3.8) is 0 Å². The molecule has 0 aliphatic heterocycles. The number of benzene rings is 1. The van der Waals surface area contributed by atoms with E-state index in [0.29, 0.717) is 18.0 Å². The third-order valence-electron chi connectivity index (χ3n) is 3.19. The molecular weight excluding hydrogens is 272 g/mol. The van der Waals surface area contributed by atoms with E-state index in [9.17, 15) is 5.11 Å². The predicted molar refractivity (Wildman–Crippen MR) is 79.1 cm³/mol. The number of thiophene rings is 1. The molecule has 2 heterocycles. The van der Waals surface area contributed by atoms with Gasteiger partial charge in [-0.1, -0.05) is 18.2 Å². The molecule has 0 spiro atoms. The highest BCUT2D eigenvalue weighted by molar-refractivity contribution is 7.17. The number of nitrogens with zero attached hydrogens (tertiary/aromatic N) is 2. The first-order valence-electron chi connectivity index (χ1n) is 6.28. The number of aliphatic hydroxyl groups is 1. The van der Waals surface area contributed by atoms with Crippen molar-refractivity contribution in [2.24, 2.45) is 0 Å². The van der Waals surface area contributed by atoms with Crippen LogP contribution in [0.1, 0.15) is 17.4 Å². The Morgan fingerprint density at radius 2 is 2.05 bits per heavy atom. The monoisotopic (exact) mass is 286 g/mol. The lowest BCUT2D eigenvalue weighted by Gasteiger charge is -2.09. The lowest BCUT2D eigenvalue weighted by Crippen LogP contribution is -2.05. The fourth-order valence-corrected chi connectivity index (χ4v) is 3.10. The maximum Gasteiger partial charge on any atom is 0.233 e. The minimum Gasteiger partial charge on any atom is -0.480 e. The molecule has 0 amide bonds. The van der Waals surface area contributed by atoms with Crippen molar-refractivity contribution >= 4 is 21.4 Å². The smallest absolute Gasteiger partial charge is 0.233 e. The zero-order chi connectivity index (χ0) is 13.9. The molecule has 0 saturated heterocycles. The van der Waals surface area contributed by atoms with Gasteiger partial charge in [0.1, 0.15) is 6.10 Å². The average molecular weight is 286 g/mol. The second-order valence-electron chi connectivity index (χ2n) is 4.48. The van der Waals surface area contributed by atoms with Gasteiger partial charge in [0, 0.05) is 17.2 Å². The largest absolute Gasteiger partial charge is 0.480 e. The maximum absolute atomic E-state index is 10.3. The molecule has 1 unspecified atom stereocenters. The summed E-state index contributed by atoms with van der Waals surface area (Å²) in [5, 5.41) is 21.4. The zero-order valence-corrected chi connectivity index (χ0v) is 11.8. The van der Waals surface area contributed by atoms with E-state index in [0.717, 1.165) is 5.56 Å². The first-order chi connectivity index (χ1) is 9.78. The van der Waals surface area contributed by atoms with Crippen LogP contribution in [-0.4, -0.2) is 22.4 Å². The predicted octanol–water partition coefficient (Wildman–Crippen LogP) is 2.98. The Hall–Kier alpha value is -1.98. The van der Waals surface area contributed by atoms with Crippen LogP contribution in [0.15, 0.2) is 41.8 Å². The summed E-state index contributed by atoms with van der Waals surface area (Å²) in [7, 11) is 1.54. The minimum atomic E-state index is -0.661. The molecule has 0 saturated carbocycles. The van der Waals surface area contributed by atoms with Gasteiger partial charge >= 0.3 is 0 Å². The van der Waals surface area contributed by atoms with Gasteiger partial charge in [0.25, 0.3) is 0 Å². The van der Waals surface area contributed by atoms with Gasteiger partial charge in [0.15, 0.2) is 0 Å². The van der Waals surface area contributed by atoms with E-state index in [1.54, 1.807) is 23.5 Å². The molecule has 0 aliphatic rings. The first kappa shape index (κ1) is 13.0. The molecule has 3 aromatic rings. The SMILES string of the molecule is COc1ccc(C(O)Cc2csc3ccccc23)nn1. The second kappa shape index (κ2) is 5.56. The Morgan fingerprint density at radius 3 is 2.80 bits per heavy atom. The third kappa shape index (κ3) is 2.50. The van der Waals surface area contributed by atoms with Gasteiger partial charge in [-0.25, -0.2) is 0 Å². The van der Waals surface area contributed by atoms with Crippen molar-refractivity contribution in [1.82, 2.24) is 10.2 Å². The maximum atomic E-state index is 10.3. The van der Waals surface area contributed by atoms with Crippen LogP contribution in [0.5, 0.6) is 5.88 Å². The van der Waals surface area contributed by atoms with Crippen LogP contribution in [0, 0.1) is 0 Å². The van der Waals surface area contributed by atoms with Crippen LogP contribution >= 0.6 is 11.3 Å². The summed E-state index contributed by atoms with van der Waals surface area (Å²) < 4.78 is 6.19. The van der Waals surface area contributed by atoms with Gasteiger partial charge in [-0.15, -0.1) is 21.5 Å². The summed E-state index contributed by atoms with van der Waals surface area (Å²) >= 11 is 1.69. The van der Waals surface area contributed by atoms with Crippen molar-refractivity contribution in [2.75, 3.05) is 7.11 Å². The normalized spacial score (nSPS) is 12.5. The summed E-state index contributed by atoms with van der Waals surface area (Å²) in [6.45, 7) is 0. The fourth-order valence-electron chi connectivity index (χ4n) is 2.12. The molecule has 102 valence electrons. The summed E-state index contributed by atoms with van der Waals surface area (Å²) in [5.41, 5.74) is 1.69. The Bertz CT molecular complexity index is 709. The Kier molecular flexibility index (Phi) is 3.62. The number of hydrogen-bond acceptors (Lipinski definition) is 5. The highest BCUT2D eigenvalue weighted by Gasteiger charge is 2.13. The molecule has 0 radical (unpaired) electrons. The fraction of sp³-hybridized carbons (Fsp3) is 0.200. The van der Waals surface area contributed by atoms with Gasteiger partial charge in [-0.05, 0) is 28.5 Å². The number of fused-ring (bicyclic) bond motifs is 1. The molecule has 0 fully saturated rings. The van der Waals surface area contributed by atoms with Gasteiger partial charge in [0.05, 0.1) is 12.8 Å². The number of aliphatic hydroxyl groups excluding tert-OH is 1. The topological polar surface area (TPSA) is 55.2 Å². The molecule has 0 bridgehead atoms. The number of aromatic nitrogens is 2. The summed E-state index contributed by atoms with van der Waals surface area (Å²) in [6, 6.07) is 11.6.